The zero-order valence-electron chi connectivity index (χ0n) is 14.5. The van der Waals surface area contributed by atoms with Crippen LogP contribution in [0.2, 0.25) is 0 Å². The molecule has 3 rings (SSSR count). The molecule has 1 atom stereocenters. The molecule has 1 aliphatic heterocycles. The lowest BCUT2D eigenvalue weighted by Crippen LogP contribution is -2.40. The van der Waals surface area contributed by atoms with Gasteiger partial charge in [0.1, 0.15) is 4.88 Å². The van der Waals surface area contributed by atoms with Crippen molar-refractivity contribution in [3.8, 4) is 0 Å². The Morgan fingerprint density at radius 3 is 2.54 bits per heavy atom. The number of ether oxygens (including phenoxy) is 1. The summed E-state index contributed by atoms with van der Waals surface area (Å²) in [4.78, 5) is 37.3. The second-order valence-corrected chi connectivity index (χ2v) is 7.46. The molecule has 2 heterocycles. The van der Waals surface area contributed by atoms with Crippen LogP contribution < -0.4 is 0 Å². The summed E-state index contributed by atoms with van der Waals surface area (Å²) in [5, 5.41) is 11.5. The van der Waals surface area contributed by atoms with Crippen molar-refractivity contribution in [1.29, 1.82) is 0 Å². The normalized spacial score (nSPS) is 16.1. The summed E-state index contributed by atoms with van der Waals surface area (Å²) in [6, 6.07) is 6.01. The Morgan fingerprint density at radius 1 is 1.19 bits per heavy atom. The molecule has 1 aromatic carbocycles. The van der Waals surface area contributed by atoms with Crippen molar-refractivity contribution in [3.63, 3.8) is 0 Å². The number of non-ortho nitro benzene ring substituents is 1. The molecule has 1 saturated heterocycles. The smallest absolute Gasteiger partial charge is 0.349 e. The highest BCUT2D eigenvalue weighted by Crippen LogP contribution is 2.29. The van der Waals surface area contributed by atoms with Crippen LogP contribution in [0.4, 0.5) is 5.69 Å². The number of esters is 1. The summed E-state index contributed by atoms with van der Waals surface area (Å²) in [6.45, 7) is 2.99. The highest BCUT2D eigenvalue weighted by Gasteiger charge is 2.25. The minimum atomic E-state index is -0.847. The van der Waals surface area contributed by atoms with Crippen molar-refractivity contribution in [3.05, 3.63) is 39.3 Å². The molecule has 0 bridgehead atoms. The first-order valence-electron chi connectivity index (χ1n) is 8.63. The van der Waals surface area contributed by atoms with Crippen molar-refractivity contribution in [1.82, 2.24) is 4.90 Å². The number of nitro benzene ring substituents is 1. The molecule has 1 amide bonds. The number of rotatable bonds is 4. The van der Waals surface area contributed by atoms with Crippen LogP contribution in [0.3, 0.4) is 0 Å². The SMILES string of the molecule is C[C@@H](OC(=O)c1cc2cc([N+](=O)[O-])ccc2s1)C(=O)N1CCCCCC1. The van der Waals surface area contributed by atoms with Crippen LogP contribution in [-0.4, -0.2) is 40.9 Å². The van der Waals surface area contributed by atoms with Crippen LogP contribution >= 0.6 is 11.3 Å². The van der Waals surface area contributed by atoms with Crippen molar-refractivity contribution in [2.24, 2.45) is 0 Å². The van der Waals surface area contributed by atoms with Gasteiger partial charge in [0.05, 0.1) is 4.92 Å². The van der Waals surface area contributed by atoms with E-state index in [0.29, 0.717) is 23.4 Å². The number of hydrogen-bond acceptors (Lipinski definition) is 6. The van der Waals surface area contributed by atoms with Gasteiger partial charge in [0.25, 0.3) is 11.6 Å². The topological polar surface area (TPSA) is 89.7 Å². The Kier molecular flexibility index (Phi) is 5.51. The predicted molar refractivity (Wildman–Crippen MR) is 98.4 cm³/mol. The Labute approximate surface area is 154 Å². The van der Waals surface area contributed by atoms with Gasteiger partial charge in [0.2, 0.25) is 0 Å². The number of carbonyl (C=O) groups is 2. The Balaban J connectivity index is 1.69. The summed E-state index contributed by atoms with van der Waals surface area (Å²) in [6.07, 6.45) is 3.33. The molecule has 0 aliphatic carbocycles. The summed E-state index contributed by atoms with van der Waals surface area (Å²) in [5.41, 5.74) is -0.0278. The van der Waals surface area contributed by atoms with Gasteiger partial charge in [-0.3, -0.25) is 14.9 Å². The lowest BCUT2D eigenvalue weighted by molar-refractivity contribution is -0.384. The van der Waals surface area contributed by atoms with E-state index in [1.807, 2.05) is 0 Å². The highest BCUT2D eigenvalue weighted by atomic mass is 32.1. The minimum absolute atomic E-state index is 0.0278. The van der Waals surface area contributed by atoms with E-state index < -0.39 is 17.0 Å². The van der Waals surface area contributed by atoms with Gasteiger partial charge >= 0.3 is 5.97 Å². The average Bonchev–Trinajstić information content (AvgIpc) is 2.86. The zero-order chi connectivity index (χ0) is 18.7. The van der Waals surface area contributed by atoms with Crippen molar-refractivity contribution >= 4 is 39.0 Å². The summed E-state index contributed by atoms with van der Waals surface area (Å²) < 4.78 is 6.10. The van der Waals surface area contributed by atoms with E-state index >= 15 is 0 Å². The van der Waals surface area contributed by atoms with Gasteiger partial charge in [-0.25, -0.2) is 4.79 Å². The van der Waals surface area contributed by atoms with E-state index in [9.17, 15) is 19.7 Å². The van der Waals surface area contributed by atoms with Crippen LogP contribution in [0.5, 0.6) is 0 Å². The maximum Gasteiger partial charge on any atom is 0.349 e. The number of thiophene rings is 1. The molecule has 1 aliphatic rings. The fourth-order valence-corrected chi connectivity index (χ4v) is 3.99. The monoisotopic (exact) mass is 376 g/mol. The number of nitro groups is 1. The van der Waals surface area contributed by atoms with Gasteiger partial charge in [-0.05, 0) is 31.9 Å². The first kappa shape index (κ1) is 18.3. The van der Waals surface area contributed by atoms with Gasteiger partial charge in [0.15, 0.2) is 6.10 Å². The van der Waals surface area contributed by atoms with Crippen LogP contribution in [0.25, 0.3) is 10.1 Å². The second-order valence-electron chi connectivity index (χ2n) is 6.38. The first-order valence-corrected chi connectivity index (χ1v) is 9.45. The van der Waals surface area contributed by atoms with Gasteiger partial charge in [-0.15, -0.1) is 11.3 Å². The van der Waals surface area contributed by atoms with E-state index in [1.165, 1.54) is 23.5 Å². The standard InChI is InChI=1S/C18H20N2O5S/c1-12(17(21)19-8-4-2-3-5-9-19)25-18(22)16-11-13-10-14(20(23)24)6-7-15(13)26-16/h6-7,10-12H,2-5,8-9H2,1H3/t12-/m1/s1. The molecular weight excluding hydrogens is 356 g/mol. The number of amides is 1. The lowest BCUT2D eigenvalue weighted by atomic mass is 10.2. The number of benzene rings is 1. The molecule has 2 aromatic rings. The van der Waals surface area contributed by atoms with Crippen LogP contribution in [0, 0.1) is 10.1 Å². The molecule has 8 heteroatoms. The van der Waals surface area contributed by atoms with Crippen molar-refractivity contribution < 1.29 is 19.2 Å². The highest BCUT2D eigenvalue weighted by molar-refractivity contribution is 7.20. The molecular formula is C18H20N2O5S. The van der Waals surface area contributed by atoms with E-state index in [4.69, 9.17) is 4.74 Å². The van der Waals surface area contributed by atoms with Gasteiger partial charge in [-0.1, -0.05) is 12.8 Å². The largest absolute Gasteiger partial charge is 0.448 e. The van der Waals surface area contributed by atoms with Crippen molar-refractivity contribution in [2.75, 3.05) is 13.1 Å². The fraction of sp³-hybridized carbons (Fsp3) is 0.444. The molecule has 1 fully saturated rings. The van der Waals surface area contributed by atoms with Crippen molar-refractivity contribution in [2.45, 2.75) is 38.7 Å². The Bertz CT molecular complexity index is 839. The summed E-state index contributed by atoms with van der Waals surface area (Å²) in [5.74, 6) is -0.749. The number of nitrogens with zero attached hydrogens (tertiary/aromatic N) is 2. The predicted octanol–water partition coefficient (Wildman–Crippen LogP) is 3.76. The van der Waals surface area contributed by atoms with Crippen LogP contribution in [0.15, 0.2) is 24.3 Å². The third-order valence-electron chi connectivity index (χ3n) is 4.46. The molecule has 7 nitrogen and oxygen atoms in total. The lowest BCUT2D eigenvalue weighted by Gasteiger charge is -2.23. The fourth-order valence-electron chi connectivity index (χ4n) is 3.06. The number of hydrogen-bond donors (Lipinski definition) is 0. The first-order chi connectivity index (χ1) is 12.5. The number of carbonyl (C=O) groups excluding carboxylic acids is 2. The van der Waals surface area contributed by atoms with Crippen LogP contribution in [-0.2, 0) is 9.53 Å². The quantitative estimate of drug-likeness (QED) is 0.460. The molecule has 0 radical (unpaired) electrons. The van der Waals surface area contributed by atoms with Gasteiger partial charge < -0.3 is 9.64 Å². The molecule has 0 saturated carbocycles. The minimum Gasteiger partial charge on any atom is -0.448 e. The van der Waals surface area contributed by atoms with Crippen LogP contribution in [0.1, 0.15) is 42.3 Å². The third-order valence-corrected chi connectivity index (χ3v) is 5.56. The van der Waals surface area contributed by atoms with E-state index in [1.54, 1.807) is 24.0 Å². The molecule has 26 heavy (non-hydrogen) atoms. The maximum atomic E-state index is 12.5. The van der Waals surface area contributed by atoms with E-state index in [-0.39, 0.29) is 11.6 Å². The summed E-state index contributed by atoms with van der Waals surface area (Å²) in [7, 11) is 0. The zero-order valence-corrected chi connectivity index (χ0v) is 15.3. The third kappa shape index (κ3) is 4.01. The number of fused-ring (bicyclic) bond motifs is 1. The summed E-state index contributed by atoms with van der Waals surface area (Å²) >= 11 is 1.20. The van der Waals surface area contributed by atoms with E-state index in [2.05, 4.69) is 0 Å². The van der Waals surface area contributed by atoms with Gasteiger partial charge in [0, 0.05) is 35.3 Å². The maximum absolute atomic E-state index is 12.5. The van der Waals surface area contributed by atoms with Gasteiger partial charge in [-0.2, -0.15) is 0 Å². The Morgan fingerprint density at radius 2 is 1.88 bits per heavy atom. The molecule has 1 aromatic heterocycles. The molecule has 0 N–H and O–H groups in total. The molecule has 138 valence electrons. The molecule has 0 unspecified atom stereocenters. The number of likely N-dealkylation sites (tertiary alicyclic amines) is 1. The molecule has 0 spiro atoms. The second kappa shape index (κ2) is 7.82. The van der Waals surface area contributed by atoms with E-state index in [0.717, 1.165) is 30.4 Å². The Hall–Kier alpha value is -2.48. The average molecular weight is 376 g/mol.